The lowest BCUT2D eigenvalue weighted by atomic mass is 10.1. The SMILES string of the molecule is O=C1CCCCCNN(Cc2cccc(F)c2)C(=O)C1. The second kappa shape index (κ2) is 7.14. The number of halogens is 1. The van der Waals surface area contributed by atoms with Crippen molar-refractivity contribution in [2.75, 3.05) is 6.54 Å². The van der Waals surface area contributed by atoms with Crippen LogP contribution in [0.15, 0.2) is 24.3 Å². The van der Waals surface area contributed by atoms with Crippen molar-refractivity contribution in [1.82, 2.24) is 10.4 Å². The Morgan fingerprint density at radius 2 is 2.05 bits per heavy atom. The van der Waals surface area contributed by atoms with Crippen LogP contribution in [0.5, 0.6) is 0 Å². The van der Waals surface area contributed by atoms with E-state index in [0.29, 0.717) is 18.5 Å². The number of hydrogen-bond donors (Lipinski definition) is 1. The molecule has 2 rings (SSSR count). The minimum absolute atomic E-state index is 0.0251. The minimum Gasteiger partial charge on any atom is -0.299 e. The Hall–Kier alpha value is -1.75. The average molecular weight is 278 g/mol. The highest BCUT2D eigenvalue weighted by molar-refractivity contribution is 5.97. The van der Waals surface area contributed by atoms with E-state index in [9.17, 15) is 14.0 Å². The molecule has 0 aromatic heterocycles. The summed E-state index contributed by atoms with van der Waals surface area (Å²) in [6.45, 7) is 0.957. The van der Waals surface area contributed by atoms with Gasteiger partial charge in [0, 0.05) is 13.0 Å². The smallest absolute Gasteiger partial charge is 0.244 e. The molecule has 4 nitrogen and oxygen atoms in total. The van der Waals surface area contributed by atoms with Gasteiger partial charge in [0.1, 0.15) is 11.6 Å². The highest BCUT2D eigenvalue weighted by atomic mass is 19.1. The highest BCUT2D eigenvalue weighted by Gasteiger charge is 2.18. The van der Waals surface area contributed by atoms with Gasteiger partial charge in [0.05, 0.1) is 13.0 Å². The van der Waals surface area contributed by atoms with Gasteiger partial charge in [0.25, 0.3) is 0 Å². The Morgan fingerprint density at radius 3 is 2.85 bits per heavy atom. The highest BCUT2D eigenvalue weighted by Crippen LogP contribution is 2.10. The van der Waals surface area contributed by atoms with Crippen LogP contribution in [0.25, 0.3) is 0 Å². The Labute approximate surface area is 117 Å². The molecule has 1 fully saturated rings. The lowest BCUT2D eigenvalue weighted by Crippen LogP contribution is -2.43. The van der Waals surface area contributed by atoms with Gasteiger partial charge in [-0.25, -0.2) is 9.82 Å². The zero-order valence-electron chi connectivity index (χ0n) is 11.4. The molecule has 1 aromatic carbocycles. The molecule has 0 atom stereocenters. The minimum atomic E-state index is -0.327. The van der Waals surface area contributed by atoms with Crippen LogP contribution >= 0.6 is 0 Å². The van der Waals surface area contributed by atoms with Crippen LogP contribution in [0.4, 0.5) is 4.39 Å². The number of carbonyl (C=O) groups is 2. The Bertz CT molecular complexity index is 491. The van der Waals surface area contributed by atoms with E-state index in [2.05, 4.69) is 5.43 Å². The maximum Gasteiger partial charge on any atom is 0.244 e. The van der Waals surface area contributed by atoms with E-state index < -0.39 is 0 Å². The van der Waals surface area contributed by atoms with E-state index in [0.717, 1.165) is 19.3 Å². The van der Waals surface area contributed by atoms with Gasteiger partial charge in [-0.15, -0.1) is 0 Å². The third-order valence-corrected chi connectivity index (χ3v) is 3.31. The maximum atomic E-state index is 13.2. The van der Waals surface area contributed by atoms with Crippen LogP contribution in [0.1, 0.15) is 37.7 Å². The summed E-state index contributed by atoms with van der Waals surface area (Å²) in [6.07, 6.45) is 3.13. The first-order chi connectivity index (χ1) is 9.65. The van der Waals surface area contributed by atoms with Crippen LogP contribution in [-0.2, 0) is 16.1 Å². The monoisotopic (exact) mass is 278 g/mol. The Kier molecular flexibility index (Phi) is 5.24. The quantitative estimate of drug-likeness (QED) is 0.844. The number of nitrogens with zero attached hydrogens (tertiary/aromatic N) is 1. The molecule has 1 aromatic rings. The maximum absolute atomic E-state index is 13.2. The van der Waals surface area contributed by atoms with Crippen molar-refractivity contribution in [2.24, 2.45) is 0 Å². The molecule has 1 N–H and O–H groups in total. The number of hydrazine groups is 1. The molecule has 5 heteroatoms. The fourth-order valence-electron chi connectivity index (χ4n) is 2.24. The third-order valence-electron chi connectivity index (χ3n) is 3.31. The molecule has 20 heavy (non-hydrogen) atoms. The first kappa shape index (κ1) is 14.7. The molecular weight excluding hydrogens is 259 g/mol. The predicted octanol–water partition coefficient (Wildman–Crippen LogP) is 2.19. The van der Waals surface area contributed by atoms with E-state index in [1.54, 1.807) is 12.1 Å². The lowest BCUT2D eigenvalue weighted by molar-refractivity contribution is -0.139. The number of amides is 1. The molecule has 0 radical (unpaired) electrons. The van der Waals surface area contributed by atoms with Crippen LogP contribution in [0, 0.1) is 5.82 Å². The first-order valence-corrected chi connectivity index (χ1v) is 6.95. The van der Waals surface area contributed by atoms with Crippen LogP contribution in [-0.4, -0.2) is 23.2 Å². The third kappa shape index (κ3) is 4.42. The molecule has 0 saturated carbocycles. The summed E-state index contributed by atoms with van der Waals surface area (Å²) >= 11 is 0. The molecular formula is C15H19FN2O2. The second-order valence-electron chi connectivity index (χ2n) is 5.04. The van der Waals surface area contributed by atoms with Gasteiger partial charge in [-0.3, -0.25) is 14.6 Å². The number of ketones is 1. The van der Waals surface area contributed by atoms with Crippen molar-refractivity contribution in [3.8, 4) is 0 Å². The number of carbonyl (C=O) groups excluding carboxylic acids is 2. The van der Waals surface area contributed by atoms with Gasteiger partial charge in [-0.1, -0.05) is 18.6 Å². The lowest BCUT2D eigenvalue weighted by Gasteiger charge is -2.24. The van der Waals surface area contributed by atoms with Crippen molar-refractivity contribution < 1.29 is 14.0 Å². The molecule has 1 heterocycles. The van der Waals surface area contributed by atoms with Crippen LogP contribution in [0.2, 0.25) is 0 Å². The van der Waals surface area contributed by atoms with Gasteiger partial charge < -0.3 is 0 Å². The van der Waals surface area contributed by atoms with E-state index >= 15 is 0 Å². The van der Waals surface area contributed by atoms with E-state index in [4.69, 9.17) is 0 Å². The standard InChI is InChI=1S/C15H19FN2O2/c16-13-6-4-5-12(9-13)11-18-15(20)10-14(19)7-2-1-3-8-17-18/h4-6,9,17H,1-3,7-8,10-11H2. The van der Waals surface area contributed by atoms with Gasteiger partial charge in [-0.2, -0.15) is 0 Å². The van der Waals surface area contributed by atoms with E-state index in [-0.39, 0.29) is 30.5 Å². The number of nitrogens with one attached hydrogen (secondary N) is 1. The molecule has 0 bridgehead atoms. The molecule has 0 spiro atoms. The van der Waals surface area contributed by atoms with E-state index in [1.807, 2.05) is 0 Å². The summed E-state index contributed by atoms with van der Waals surface area (Å²) in [5, 5.41) is 1.43. The molecule has 0 unspecified atom stereocenters. The summed E-state index contributed by atoms with van der Waals surface area (Å²) < 4.78 is 13.2. The van der Waals surface area contributed by atoms with E-state index in [1.165, 1.54) is 17.1 Å². The fourth-order valence-corrected chi connectivity index (χ4v) is 2.24. The van der Waals surface area contributed by atoms with Crippen molar-refractivity contribution in [2.45, 2.75) is 38.6 Å². The van der Waals surface area contributed by atoms with Crippen molar-refractivity contribution in [3.05, 3.63) is 35.6 Å². The molecule has 108 valence electrons. The number of Topliss-reactive ketones (excluding diaryl/α,β-unsaturated/α-hetero) is 1. The summed E-state index contributed by atoms with van der Waals surface area (Å²) in [5.74, 6) is -0.601. The summed E-state index contributed by atoms with van der Waals surface area (Å²) in [6, 6.07) is 6.14. The Balaban J connectivity index is 2.05. The number of hydrogen-bond acceptors (Lipinski definition) is 3. The van der Waals surface area contributed by atoms with Crippen LogP contribution in [0.3, 0.4) is 0 Å². The predicted molar refractivity (Wildman–Crippen MR) is 73.0 cm³/mol. The van der Waals surface area contributed by atoms with Gasteiger partial charge in [0.15, 0.2) is 0 Å². The molecule has 1 aliphatic heterocycles. The van der Waals surface area contributed by atoms with Gasteiger partial charge >= 0.3 is 0 Å². The zero-order valence-corrected chi connectivity index (χ0v) is 11.4. The topological polar surface area (TPSA) is 49.4 Å². The largest absolute Gasteiger partial charge is 0.299 e. The Morgan fingerprint density at radius 1 is 1.20 bits per heavy atom. The summed E-state index contributed by atoms with van der Waals surface area (Å²) in [7, 11) is 0. The molecule has 0 aliphatic carbocycles. The van der Waals surface area contributed by atoms with Crippen LogP contribution < -0.4 is 5.43 Å². The molecule has 1 aliphatic rings. The summed E-state index contributed by atoms with van der Waals surface area (Å²) in [5.41, 5.74) is 3.74. The second-order valence-corrected chi connectivity index (χ2v) is 5.04. The average Bonchev–Trinajstić information content (AvgIpc) is 2.40. The molecule has 1 saturated heterocycles. The number of benzene rings is 1. The van der Waals surface area contributed by atoms with Crippen molar-refractivity contribution in [1.29, 1.82) is 0 Å². The first-order valence-electron chi connectivity index (χ1n) is 6.95. The van der Waals surface area contributed by atoms with Gasteiger partial charge in [0.2, 0.25) is 5.91 Å². The molecule has 1 amide bonds. The normalized spacial score (nSPS) is 18.1. The number of rotatable bonds is 2. The van der Waals surface area contributed by atoms with Crippen molar-refractivity contribution >= 4 is 11.7 Å². The zero-order chi connectivity index (χ0) is 14.4. The fraction of sp³-hybridized carbons (Fsp3) is 0.467. The summed E-state index contributed by atoms with van der Waals surface area (Å²) in [4.78, 5) is 23.7. The van der Waals surface area contributed by atoms with Crippen molar-refractivity contribution in [3.63, 3.8) is 0 Å². The van der Waals surface area contributed by atoms with Gasteiger partial charge in [-0.05, 0) is 30.5 Å².